The fraction of sp³-hybridized carbons (Fsp3) is 0.200. The van der Waals surface area contributed by atoms with E-state index in [0.717, 1.165) is 16.4 Å². The Bertz CT molecular complexity index is 1330. The first-order valence-corrected chi connectivity index (χ1v) is 12.4. The number of nitrogens with one attached hydrogen (secondary N) is 2. The van der Waals surface area contributed by atoms with Crippen LogP contribution in [-0.2, 0) is 14.8 Å². The molecule has 0 unspecified atom stereocenters. The number of para-hydroxylation sites is 2. The van der Waals surface area contributed by atoms with Gasteiger partial charge in [-0.05, 0) is 73.5 Å². The van der Waals surface area contributed by atoms with Gasteiger partial charge in [0.15, 0.2) is 0 Å². The fourth-order valence-electron chi connectivity index (χ4n) is 3.90. The van der Waals surface area contributed by atoms with Gasteiger partial charge in [0.25, 0.3) is 5.91 Å². The molecule has 3 aromatic carbocycles. The molecule has 1 aliphatic rings. The highest BCUT2D eigenvalue weighted by molar-refractivity contribution is 7.89. The van der Waals surface area contributed by atoms with Crippen LogP contribution in [0.2, 0.25) is 0 Å². The summed E-state index contributed by atoms with van der Waals surface area (Å²) in [4.78, 5) is 25.4. The lowest BCUT2D eigenvalue weighted by atomic mass is 10.1. The number of amides is 2. The van der Waals surface area contributed by atoms with E-state index in [2.05, 4.69) is 10.6 Å². The van der Waals surface area contributed by atoms with Crippen molar-refractivity contribution in [1.82, 2.24) is 4.31 Å². The van der Waals surface area contributed by atoms with Crippen molar-refractivity contribution in [1.29, 1.82) is 0 Å². The number of ether oxygens (including phenoxy) is 1. The van der Waals surface area contributed by atoms with Gasteiger partial charge in [0, 0.05) is 17.8 Å². The largest absolute Gasteiger partial charge is 0.495 e. The minimum Gasteiger partial charge on any atom is -0.495 e. The molecular formula is C25H24FN3O5S. The number of carbonyl (C=O) groups excluding carboxylic acids is 2. The SMILES string of the molecule is COc1ccccc1NC(=O)c1ccc(NC(=O)[C@H]2CCCN2S(=O)(=O)c2ccc(F)cc2)cc1. The maximum Gasteiger partial charge on any atom is 0.255 e. The van der Waals surface area contributed by atoms with Crippen molar-refractivity contribution in [2.75, 3.05) is 24.3 Å². The second-order valence-corrected chi connectivity index (χ2v) is 9.84. The molecule has 8 nitrogen and oxygen atoms in total. The van der Waals surface area contributed by atoms with Crippen LogP contribution in [0.4, 0.5) is 15.8 Å². The number of halogens is 1. The highest BCUT2D eigenvalue weighted by Gasteiger charge is 2.39. The quantitative estimate of drug-likeness (QED) is 0.516. The van der Waals surface area contributed by atoms with Crippen molar-refractivity contribution in [3.8, 4) is 5.75 Å². The minimum absolute atomic E-state index is 0.0657. The minimum atomic E-state index is -3.95. The molecule has 3 aromatic rings. The van der Waals surface area contributed by atoms with Crippen LogP contribution in [0.5, 0.6) is 5.75 Å². The van der Waals surface area contributed by atoms with Crippen LogP contribution >= 0.6 is 0 Å². The normalized spacial score (nSPS) is 16.0. The predicted octanol–water partition coefficient (Wildman–Crippen LogP) is 3.88. The van der Waals surface area contributed by atoms with Gasteiger partial charge >= 0.3 is 0 Å². The third-order valence-electron chi connectivity index (χ3n) is 5.70. The van der Waals surface area contributed by atoms with E-state index < -0.39 is 27.8 Å². The number of methoxy groups -OCH3 is 1. The molecule has 1 saturated heterocycles. The molecule has 0 bridgehead atoms. The Kier molecular flexibility index (Phi) is 7.13. The highest BCUT2D eigenvalue weighted by Crippen LogP contribution is 2.28. The van der Waals surface area contributed by atoms with E-state index in [1.807, 2.05) is 0 Å². The van der Waals surface area contributed by atoms with Gasteiger partial charge in [-0.3, -0.25) is 9.59 Å². The van der Waals surface area contributed by atoms with Gasteiger partial charge in [-0.1, -0.05) is 12.1 Å². The van der Waals surface area contributed by atoms with Gasteiger partial charge in [-0.15, -0.1) is 0 Å². The average Bonchev–Trinajstić information content (AvgIpc) is 3.36. The first-order chi connectivity index (χ1) is 16.8. The van der Waals surface area contributed by atoms with E-state index in [1.165, 1.54) is 19.2 Å². The molecular weight excluding hydrogens is 473 g/mol. The summed E-state index contributed by atoms with van der Waals surface area (Å²) >= 11 is 0. The summed E-state index contributed by atoms with van der Waals surface area (Å²) in [5, 5.41) is 5.50. The number of carbonyl (C=O) groups is 2. The number of benzene rings is 3. The van der Waals surface area contributed by atoms with E-state index >= 15 is 0 Å². The van der Waals surface area contributed by atoms with Gasteiger partial charge in [-0.2, -0.15) is 4.31 Å². The van der Waals surface area contributed by atoms with Gasteiger partial charge in [0.2, 0.25) is 15.9 Å². The number of nitrogens with zero attached hydrogens (tertiary/aromatic N) is 1. The van der Waals surface area contributed by atoms with Crippen molar-refractivity contribution in [3.05, 3.63) is 84.2 Å². The Hall–Kier alpha value is -3.76. The molecule has 182 valence electrons. The number of hydrogen-bond donors (Lipinski definition) is 2. The molecule has 1 atom stereocenters. The van der Waals surface area contributed by atoms with Crippen LogP contribution in [0.25, 0.3) is 0 Å². The molecule has 4 rings (SSSR count). The molecule has 2 N–H and O–H groups in total. The third-order valence-corrected chi connectivity index (χ3v) is 7.62. The van der Waals surface area contributed by atoms with Crippen LogP contribution in [-0.4, -0.2) is 44.2 Å². The number of anilines is 2. The standard InChI is InChI=1S/C25H24FN3O5S/c1-34-23-7-3-2-5-21(23)28-24(30)17-8-12-19(13-9-17)27-25(31)22-6-4-16-29(22)35(32,33)20-14-10-18(26)11-15-20/h2-3,5,7-15,22H,4,6,16H2,1H3,(H,27,31)(H,28,30)/t22-/m1/s1. The molecule has 0 saturated carbocycles. The number of sulfonamides is 1. The van der Waals surface area contributed by atoms with Gasteiger partial charge < -0.3 is 15.4 Å². The Balaban J connectivity index is 1.43. The smallest absolute Gasteiger partial charge is 0.255 e. The summed E-state index contributed by atoms with van der Waals surface area (Å²) in [7, 11) is -2.44. The average molecular weight is 498 g/mol. The molecule has 1 aliphatic heterocycles. The molecule has 35 heavy (non-hydrogen) atoms. The van der Waals surface area contributed by atoms with Crippen LogP contribution in [0.15, 0.2) is 77.7 Å². The van der Waals surface area contributed by atoms with E-state index in [9.17, 15) is 22.4 Å². The fourth-order valence-corrected chi connectivity index (χ4v) is 5.56. The van der Waals surface area contributed by atoms with E-state index in [-0.39, 0.29) is 17.3 Å². The van der Waals surface area contributed by atoms with Crippen molar-refractivity contribution in [3.63, 3.8) is 0 Å². The van der Waals surface area contributed by atoms with Crippen LogP contribution in [0, 0.1) is 5.82 Å². The number of hydrogen-bond acceptors (Lipinski definition) is 5. The Morgan fingerprint density at radius 3 is 2.34 bits per heavy atom. The summed E-state index contributed by atoms with van der Waals surface area (Å²) in [5.74, 6) is -0.833. The summed E-state index contributed by atoms with van der Waals surface area (Å²) in [6, 6.07) is 16.9. The van der Waals surface area contributed by atoms with Crippen molar-refractivity contribution in [2.24, 2.45) is 0 Å². The monoisotopic (exact) mass is 497 g/mol. The lowest BCUT2D eigenvalue weighted by Gasteiger charge is -2.23. The maximum atomic E-state index is 13.2. The Morgan fingerprint density at radius 2 is 1.66 bits per heavy atom. The summed E-state index contributed by atoms with van der Waals surface area (Å²) in [6.07, 6.45) is 0.895. The molecule has 0 spiro atoms. The molecule has 0 radical (unpaired) electrons. The zero-order valence-electron chi connectivity index (χ0n) is 18.9. The second kappa shape index (κ2) is 10.2. The topological polar surface area (TPSA) is 105 Å². The highest BCUT2D eigenvalue weighted by atomic mass is 32.2. The van der Waals surface area contributed by atoms with E-state index in [4.69, 9.17) is 4.74 Å². The lowest BCUT2D eigenvalue weighted by Crippen LogP contribution is -2.43. The van der Waals surface area contributed by atoms with E-state index in [1.54, 1.807) is 48.5 Å². The molecule has 0 aromatic heterocycles. The molecule has 1 fully saturated rings. The zero-order chi connectivity index (χ0) is 25.0. The number of rotatable bonds is 7. The molecule has 2 amide bonds. The van der Waals surface area contributed by atoms with Crippen LogP contribution in [0.1, 0.15) is 23.2 Å². The third kappa shape index (κ3) is 5.33. The van der Waals surface area contributed by atoms with Crippen LogP contribution < -0.4 is 15.4 Å². The van der Waals surface area contributed by atoms with Crippen molar-refractivity contribution in [2.45, 2.75) is 23.8 Å². The van der Waals surface area contributed by atoms with Crippen molar-refractivity contribution < 1.29 is 27.1 Å². The van der Waals surface area contributed by atoms with Gasteiger partial charge in [0.1, 0.15) is 17.6 Å². The molecule has 0 aliphatic carbocycles. The van der Waals surface area contributed by atoms with Crippen molar-refractivity contribution >= 4 is 33.2 Å². The zero-order valence-corrected chi connectivity index (χ0v) is 19.7. The molecule has 1 heterocycles. The van der Waals surface area contributed by atoms with Gasteiger partial charge in [0.05, 0.1) is 17.7 Å². The van der Waals surface area contributed by atoms with Gasteiger partial charge in [-0.25, -0.2) is 12.8 Å². The molecule has 10 heteroatoms. The maximum absolute atomic E-state index is 13.2. The Labute approximate surface area is 202 Å². The summed E-state index contributed by atoms with van der Waals surface area (Å²) in [5.41, 5.74) is 1.33. The second-order valence-electron chi connectivity index (χ2n) is 7.95. The predicted molar refractivity (Wildman–Crippen MR) is 129 cm³/mol. The summed E-state index contributed by atoms with van der Waals surface area (Å²) in [6.45, 7) is 0.194. The lowest BCUT2D eigenvalue weighted by molar-refractivity contribution is -0.119. The van der Waals surface area contributed by atoms with E-state index in [0.29, 0.717) is 35.5 Å². The van der Waals surface area contributed by atoms with Crippen LogP contribution in [0.3, 0.4) is 0 Å². The summed E-state index contributed by atoms with van der Waals surface area (Å²) < 4.78 is 45.6. The Morgan fingerprint density at radius 1 is 0.971 bits per heavy atom. The first-order valence-electron chi connectivity index (χ1n) is 10.9. The first kappa shape index (κ1) is 24.4.